The second-order valence-electron chi connectivity index (χ2n) is 4.88. The van der Waals surface area contributed by atoms with Gasteiger partial charge in [-0.05, 0) is 25.1 Å². The minimum Gasteiger partial charge on any atom is -0.491 e. The van der Waals surface area contributed by atoms with E-state index in [9.17, 15) is 18.3 Å². The second kappa shape index (κ2) is 9.82. The van der Waals surface area contributed by atoms with Gasteiger partial charge in [-0.25, -0.2) is 0 Å². The van der Waals surface area contributed by atoms with Crippen molar-refractivity contribution < 1.29 is 23.0 Å². The summed E-state index contributed by atoms with van der Waals surface area (Å²) >= 11 is 0. The number of alkyl halides is 3. The average Bonchev–Trinajstić information content (AvgIpc) is 2.55. The summed E-state index contributed by atoms with van der Waals surface area (Å²) in [5.74, 6) is 0.556. The lowest BCUT2D eigenvalue weighted by Gasteiger charge is -2.14. The fraction of sp³-hybridized carbons (Fsp3) is 0.438. The van der Waals surface area contributed by atoms with E-state index in [1.807, 2.05) is 6.92 Å². The van der Waals surface area contributed by atoms with Gasteiger partial charge >= 0.3 is 6.18 Å². The number of benzene rings is 1. The molecule has 0 aliphatic rings. The van der Waals surface area contributed by atoms with E-state index < -0.39 is 17.8 Å². The van der Waals surface area contributed by atoms with Crippen molar-refractivity contribution in [2.75, 3.05) is 26.2 Å². The van der Waals surface area contributed by atoms with Crippen LogP contribution in [0.5, 0.6) is 5.75 Å². The van der Waals surface area contributed by atoms with Crippen molar-refractivity contribution in [2.45, 2.75) is 19.2 Å². The molecule has 1 aromatic carbocycles. The van der Waals surface area contributed by atoms with Crippen molar-refractivity contribution in [3.05, 3.63) is 42.5 Å². The van der Waals surface area contributed by atoms with Gasteiger partial charge in [0.2, 0.25) is 0 Å². The number of aliphatic imine (C=N–C) groups is 1. The second-order valence-corrected chi connectivity index (χ2v) is 4.88. The Hall–Kier alpha value is -2.22. The number of nitrogens with one attached hydrogen (secondary N) is 2. The van der Waals surface area contributed by atoms with Gasteiger partial charge in [-0.2, -0.15) is 13.2 Å². The smallest absolute Gasteiger partial charge is 0.416 e. The van der Waals surface area contributed by atoms with Crippen molar-refractivity contribution in [3.63, 3.8) is 0 Å². The highest BCUT2D eigenvalue weighted by molar-refractivity contribution is 5.79. The van der Waals surface area contributed by atoms with Gasteiger partial charge in [0.1, 0.15) is 18.5 Å². The molecule has 0 radical (unpaired) electrons. The van der Waals surface area contributed by atoms with Gasteiger partial charge in [0.05, 0.1) is 12.1 Å². The van der Waals surface area contributed by atoms with Crippen molar-refractivity contribution in [1.29, 1.82) is 0 Å². The molecule has 0 saturated heterocycles. The molecule has 0 saturated carbocycles. The van der Waals surface area contributed by atoms with E-state index >= 15 is 0 Å². The molecule has 8 heteroatoms. The minimum atomic E-state index is -4.43. The van der Waals surface area contributed by atoms with Gasteiger partial charge in [-0.3, -0.25) is 4.99 Å². The number of hydrogen-bond donors (Lipinski definition) is 3. The Morgan fingerprint density at radius 1 is 1.42 bits per heavy atom. The minimum absolute atomic E-state index is 0.0459. The first-order valence-corrected chi connectivity index (χ1v) is 7.48. The molecule has 0 heterocycles. The van der Waals surface area contributed by atoms with E-state index in [1.165, 1.54) is 12.1 Å². The summed E-state index contributed by atoms with van der Waals surface area (Å²) in [5.41, 5.74) is -0.796. The Labute approximate surface area is 139 Å². The van der Waals surface area contributed by atoms with Crippen LogP contribution in [0.15, 0.2) is 41.9 Å². The largest absolute Gasteiger partial charge is 0.491 e. The Morgan fingerprint density at radius 2 is 2.17 bits per heavy atom. The van der Waals surface area contributed by atoms with Gasteiger partial charge in [0, 0.05) is 13.1 Å². The number of aliphatic hydroxyl groups is 1. The zero-order chi connectivity index (χ0) is 18.0. The van der Waals surface area contributed by atoms with Crippen LogP contribution < -0.4 is 15.4 Å². The average molecular weight is 345 g/mol. The highest BCUT2D eigenvalue weighted by Gasteiger charge is 2.30. The third-order valence-electron chi connectivity index (χ3n) is 2.82. The van der Waals surface area contributed by atoms with Gasteiger partial charge in [0.15, 0.2) is 5.96 Å². The molecular formula is C16H22F3N3O2. The van der Waals surface area contributed by atoms with Crippen LogP contribution in [0.4, 0.5) is 13.2 Å². The number of halogens is 3. The first-order chi connectivity index (χ1) is 11.4. The van der Waals surface area contributed by atoms with Crippen LogP contribution in [0, 0.1) is 0 Å². The SMILES string of the molecule is C=CCNC(=NCC(O)COc1cccc(C(F)(F)F)c1)NCC. The lowest BCUT2D eigenvalue weighted by Crippen LogP contribution is -2.38. The summed E-state index contributed by atoms with van der Waals surface area (Å²) in [7, 11) is 0. The lowest BCUT2D eigenvalue weighted by atomic mass is 10.2. The van der Waals surface area contributed by atoms with E-state index in [0.29, 0.717) is 19.0 Å². The maximum Gasteiger partial charge on any atom is 0.416 e. The van der Waals surface area contributed by atoms with Crippen LogP contribution in [0.1, 0.15) is 12.5 Å². The molecule has 134 valence electrons. The Bertz CT molecular complexity index is 548. The molecule has 1 unspecified atom stereocenters. The molecular weight excluding hydrogens is 323 g/mol. The van der Waals surface area contributed by atoms with E-state index in [0.717, 1.165) is 12.1 Å². The van der Waals surface area contributed by atoms with Gasteiger partial charge in [0.25, 0.3) is 0 Å². The first-order valence-electron chi connectivity index (χ1n) is 7.48. The summed E-state index contributed by atoms with van der Waals surface area (Å²) < 4.78 is 43.0. The third-order valence-corrected chi connectivity index (χ3v) is 2.82. The first kappa shape index (κ1) is 19.8. The Morgan fingerprint density at radius 3 is 2.79 bits per heavy atom. The van der Waals surface area contributed by atoms with Crippen LogP contribution >= 0.6 is 0 Å². The lowest BCUT2D eigenvalue weighted by molar-refractivity contribution is -0.137. The number of hydrogen-bond acceptors (Lipinski definition) is 3. The van der Waals surface area contributed by atoms with Gasteiger partial charge < -0.3 is 20.5 Å². The summed E-state index contributed by atoms with van der Waals surface area (Å²) in [6.45, 7) is 6.54. The third kappa shape index (κ3) is 7.36. The fourth-order valence-electron chi connectivity index (χ4n) is 1.71. The van der Waals surface area contributed by atoms with E-state index in [4.69, 9.17) is 4.74 Å². The molecule has 0 bridgehead atoms. The van der Waals surface area contributed by atoms with Gasteiger partial charge in [-0.1, -0.05) is 12.1 Å². The highest BCUT2D eigenvalue weighted by atomic mass is 19.4. The normalized spacial score (nSPS) is 13.3. The maximum atomic E-state index is 12.6. The Kier molecular flexibility index (Phi) is 8.11. The number of rotatable bonds is 8. The molecule has 1 atom stereocenters. The van der Waals surface area contributed by atoms with Crippen LogP contribution in [0.25, 0.3) is 0 Å². The predicted molar refractivity (Wildman–Crippen MR) is 87.1 cm³/mol. The molecule has 5 nitrogen and oxygen atoms in total. The molecule has 0 spiro atoms. The summed E-state index contributed by atoms with van der Waals surface area (Å²) in [5, 5.41) is 15.8. The molecule has 3 N–H and O–H groups in total. The fourth-order valence-corrected chi connectivity index (χ4v) is 1.71. The summed E-state index contributed by atoms with van der Waals surface area (Å²) in [4.78, 5) is 4.16. The van der Waals surface area contributed by atoms with Crippen molar-refractivity contribution >= 4 is 5.96 Å². The quantitative estimate of drug-likeness (QED) is 0.384. The van der Waals surface area contributed by atoms with Crippen LogP contribution in [-0.2, 0) is 6.18 Å². The van der Waals surface area contributed by atoms with E-state index in [-0.39, 0.29) is 18.9 Å². The number of nitrogens with zero attached hydrogens (tertiary/aromatic N) is 1. The van der Waals surface area contributed by atoms with Crippen molar-refractivity contribution in [2.24, 2.45) is 4.99 Å². The topological polar surface area (TPSA) is 65.9 Å². The molecule has 0 aliphatic heterocycles. The number of aliphatic hydroxyl groups excluding tert-OH is 1. The van der Waals surface area contributed by atoms with E-state index in [1.54, 1.807) is 6.08 Å². The van der Waals surface area contributed by atoms with Crippen LogP contribution in [0.3, 0.4) is 0 Å². The molecule has 0 fully saturated rings. The van der Waals surface area contributed by atoms with Crippen molar-refractivity contribution in [1.82, 2.24) is 10.6 Å². The molecule has 1 aromatic rings. The standard InChI is InChI=1S/C16H22F3N3O2/c1-3-8-21-15(20-4-2)22-10-13(23)11-24-14-7-5-6-12(9-14)16(17,18)19/h3,5-7,9,13,23H,1,4,8,10-11H2,2H3,(H2,20,21,22). The van der Waals surface area contributed by atoms with Crippen molar-refractivity contribution in [3.8, 4) is 5.75 Å². The zero-order valence-electron chi connectivity index (χ0n) is 13.4. The zero-order valence-corrected chi connectivity index (χ0v) is 13.4. The monoisotopic (exact) mass is 345 g/mol. The molecule has 24 heavy (non-hydrogen) atoms. The molecule has 1 rings (SSSR count). The van der Waals surface area contributed by atoms with Crippen LogP contribution in [0.2, 0.25) is 0 Å². The molecule has 0 aromatic heterocycles. The molecule has 0 amide bonds. The maximum absolute atomic E-state index is 12.6. The Balaban J connectivity index is 2.53. The number of guanidine groups is 1. The summed E-state index contributed by atoms with van der Waals surface area (Å²) in [6, 6.07) is 4.51. The molecule has 0 aliphatic carbocycles. The summed E-state index contributed by atoms with van der Waals surface area (Å²) in [6.07, 6.45) is -3.71. The van der Waals surface area contributed by atoms with Gasteiger partial charge in [-0.15, -0.1) is 6.58 Å². The predicted octanol–water partition coefficient (Wildman–Crippen LogP) is 2.19. The van der Waals surface area contributed by atoms with E-state index in [2.05, 4.69) is 22.2 Å². The number of ether oxygens (including phenoxy) is 1. The van der Waals surface area contributed by atoms with Crippen LogP contribution in [-0.4, -0.2) is 43.4 Å². The highest BCUT2D eigenvalue weighted by Crippen LogP contribution is 2.31.